The fourth-order valence-corrected chi connectivity index (χ4v) is 5.41. The van der Waals surface area contributed by atoms with Crippen molar-refractivity contribution < 1.29 is 0 Å². The van der Waals surface area contributed by atoms with Crippen LogP contribution in [0, 0.1) is 0 Å². The van der Waals surface area contributed by atoms with Crippen molar-refractivity contribution >= 4 is 16.7 Å². The number of nitrogens with one attached hydrogen (secondary N) is 3. The van der Waals surface area contributed by atoms with E-state index in [-0.39, 0.29) is 0 Å². The second kappa shape index (κ2) is 7.46. The van der Waals surface area contributed by atoms with Crippen LogP contribution in [0.5, 0.6) is 0 Å². The molecular formula is C23H26N8. The lowest BCUT2D eigenvalue weighted by atomic mass is 9.98. The lowest BCUT2D eigenvalue weighted by molar-refractivity contribution is 0.347. The van der Waals surface area contributed by atoms with E-state index in [9.17, 15) is 0 Å². The van der Waals surface area contributed by atoms with Crippen LogP contribution in [0.3, 0.4) is 0 Å². The highest BCUT2D eigenvalue weighted by molar-refractivity contribution is 6.01. The van der Waals surface area contributed by atoms with Crippen LogP contribution < -0.4 is 10.2 Å². The molecule has 0 aliphatic carbocycles. The second-order valence-corrected chi connectivity index (χ2v) is 8.63. The number of nitrogens with zero attached hydrogens (tertiary/aromatic N) is 5. The first kappa shape index (κ1) is 18.5. The summed E-state index contributed by atoms with van der Waals surface area (Å²) >= 11 is 0. The molecule has 31 heavy (non-hydrogen) atoms. The molecule has 3 atom stereocenters. The minimum Gasteiger partial charge on any atom is -0.352 e. The molecule has 2 fully saturated rings. The fraction of sp³-hybridized carbons (Fsp3) is 0.391. The molecule has 2 aliphatic rings. The zero-order valence-corrected chi connectivity index (χ0v) is 17.5. The van der Waals surface area contributed by atoms with Gasteiger partial charge in [0.1, 0.15) is 0 Å². The van der Waals surface area contributed by atoms with E-state index >= 15 is 0 Å². The van der Waals surface area contributed by atoms with Crippen LogP contribution in [0.15, 0.2) is 42.9 Å². The standard InChI is InChI=1S/C23H26N8/c1-2-31(17-9-15-3-4-16(10-17)27-15)22-8-7-21(28-29-22)19-6-5-18(14-11-24-25-12-14)20-13-26-30-23(19)20/h5-8,11-13,15-17,27H,2-4,9-10H2,1H3,(H,24,25)(H,26,30)/t15-,16+,17?. The lowest BCUT2D eigenvalue weighted by Crippen LogP contribution is -2.48. The molecule has 0 amide bonds. The van der Waals surface area contributed by atoms with E-state index in [1.165, 1.54) is 25.7 Å². The summed E-state index contributed by atoms with van der Waals surface area (Å²) < 4.78 is 0. The molecule has 0 spiro atoms. The van der Waals surface area contributed by atoms with Crippen LogP contribution >= 0.6 is 0 Å². The average Bonchev–Trinajstić information content (AvgIpc) is 3.56. The van der Waals surface area contributed by atoms with Crippen LogP contribution in [-0.2, 0) is 0 Å². The second-order valence-electron chi connectivity index (χ2n) is 8.63. The number of piperidine rings is 1. The van der Waals surface area contributed by atoms with Crippen LogP contribution in [0.2, 0.25) is 0 Å². The third-order valence-corrected chi connectivity index (χ3v) is 6.88. The molecule has 4 aromatic rings. The zero-order chi connectivity index (χ0) is 20.8. The smallest absolute Gasteiger partial charge is 0.151 e. The van der Waals surface area contributed by atoms with Crippen molar-refractivity contribution in [3.8, 4) is 22.4 Å². The molecule has 3 aromatic heterocycles. The minimum absolute atomic E-state index is 0.539. The Bertz CT molecular complexity index is 1170. The van der Waals surface area contributed by atoms with E-state index in [0.717, 1.165) is 45.6 Å². The highest BCUT2D eigenvalue weighted by Crippen LogP contribution is 2.34. The Kier molecular flexibility index (Phi) is 4.45. The summed E-state index contributed by atoms with van der Waals surface area (Å²) in [7, 11) is 0. The van der Waals surface area contributed by atoms with Gasteiger partial charge in [0.15, 0.2) is 5.82 Å². The number of rotatable bonds is 5. The molecule has 2 saturated heterocycles. The van der Waals surface area contributed by atoms with Gasteiger partial charge in [0.05, 0.1) is 23.6 Å². The van der Waals surface area contributed by atoms with E-state index in [0.29, 0.717) is 18.1 Å². The molecule has 5 heterocycles. The number of hydrogen-bond donors (Lipinski definition) is 3. The van der Waals surface area contributed by atoms with Gasteiger partial charge >= 0.3 is 0 Å². The first-order valence-corrected chi connectivity index (χ1v) is 11.1. The van der Waals surface area contributed by atoms with Crippen molar-refractivity contribution in [1.82, 2.24) is 35.9 Å². The zero-order valence-electron chi connectivity index (χ0n) is 17.5. The number of aromatic amines is 2. The average molecular weight is 415 g/mol. The summed E-state index contributed by atoms with van der Waals surface area (Å²) in [6.07, 6.45) is 10.6. The SMILES string of the molecule is CCN(c1ccc(-c2ccc(-c3cn[nH]c3)c3cn[nH]c23)nn1)C1C[C@H]2CC[C@@H](C1)N2. The summed E-state index contributed by atoms with van der Waals surface area (Å²) in [6.45, 7) is 3.16. The molecule has 8 heteroatoms. The monoisotopic (exact) mass is 414 g/mol. The number of hydrogen-bond acceptors (Lipinski definition) is 6. The predicted octanol–water partition coefficient (Wildman–Crippen LogP) is 3.52. The third-order valence-electron chi connectivity index (χ3n) is 6.88. The Labute approximate surface area is 180 Å². The predicted molar refractivity (Wildman–Crippen MR) is 121 cm³/mol. The Morgan fingerprint density at radius 1 is 0.968 bits per heavy atom. The molecule has 158 valence electrons. The fourth-order valence-electron chi connectivity index (χ4n) is 5.41. The van der Waals surface area contributed by atoms with Crippen LogP contribution in [0.4, 0.5) is 5.82 Å². The van der Waals surface area contributed by atoms with Gasteiger partial charge in [0, 0.05) is 47.4 Å². The molecule has 2 bridgehead atoms. The van der Waals surface area contributed by atoms with Crippen molar-refractivity contribution in [2.45, 2.75) is 50.7 Å². The van der Waals surface area contributed by atoms with E-state index in [2.05, 4.69) is 72.0 Å². The summed E-state index contributed by atoms with van der Waals surface area (Å²) in [4.78, 5) is 2.43. The largest absolute Gasteiger partial charge is 0.352 e. The van der Waals surface area contributed by atoms with Gasteiger partial charge in [-0.15, -0.1) is 10.2 Å². The molecular weight excluding hydrogens is 388 g/mol. The van der Waals surface area contributed by atoms with Crippen molar-refractivity contribution in [3.63, 3.8) is 0 Å². The molecule has 0 saturated carbocycles. The molecule has 6 rings (SSSR count). The van der Waals surface area contributed by atoms with Crippen LogP contribution in [0.1, 0.15) is 32.6 Å². The Balaban J connectivity index is 1.31. The Morgan fingerprint density at radius 3 is 2.52 bits per heavy atom. The van der Waals surface area contributed by atoms with Gasteiger partial charge in [-0.3, -0.25) is 10.2 Å². The third kappa shape index (κ3) is 3.18. The van der Waals surface area contributed by atoms with Gasteiger partial charge < -0.3 is 10.2 Å². The van der Waals surface area contributed by atoms with Gasteiger partial charge in [0.2, 0.25) is 0 Å². The van der Waals surface area contributed by atoms with Crippen LogP contribution in [0.25, 0.3) is 33.3 Å². The molecule has 1 unspecified atom stereocenters. The van der Waals surface area contributed by atoms with Gasteiger partial charge in [-0.1, -0.05) is 6.07 Å². The normalized spacial score (nSPS) is 22.8. The van der Waals surface area contributed by atoms with Crippen molar-refractivity contribution in [1.29, 1.82) is 0 Å². The van der Waals surface area contributed by atoms with E-state index in [4.69, 9.17) is 0 Å². The number of fused-ring (bicyclic) bond motifs is 3. The van der Waals surface area contributed by atoms with Crippen molar-refractivity contribution in [2.75, 3.05) is 11.4 Å². The maximum atomic E-state index is 4.64. The van der Waals surface area contributed by atoms with E-state index in [1.54, 1.807) is 0 Å². The molecule has 2 aliphatic heterocycles. The van der Waals surface area contributed by atoms with Crippen molar-refractivity contribution in [3.05, 3.63) is 42.9 Å². The van der Waals surface area contributed by atoms with Gasteiger partial charge in [0.25, 0.3) is 0 Å². The van der Waals surface area contributed by atoms with Crippen LogP contribution in [-0.4, -0.2) is 55.3 Å². The number of benzene rings is 1. The topological polar surface area (TPSA) is 98.4 Å². The number of anilines is 1. The highest BCUT2D eigenvalue weighted by Gasteiger charge is 2.36. The van der Waals surface area contributed by atoms with E-state index in [1.807, 2.05) is 18.6 Å². The summed E-state index contributed by atoms with van der Waals surface area (Å²) in [5.74, 6) is 0.966. The minimum atomic E-state index is 0.539. The van der Waals surface area contributed by atoms with Gasteiger partial charge in [-0.25, -0.2) is 0 Å². The molecule has 0 radical (unpaired) electrons. The lowest BCUT2D eigenvalue weighted by Gasteiger charge is -2.37. The molecule has 3 N–H and O–H groups in total. The maximum absolute atomic E-state index is 4.64. The van der Waals surface area contributed by atoms with Gasteiger partial charge in [-0.2, -0.15) is 10.2 Å². The number of H-pyrrole nitrogens is 2. The highest BCUT2D eigenvalue weighted by atomic mass is 15.3. The van der Waals surface area contributed by atoms with Gasteiger partial charge in [-0.05, 0) is 56.4 Å². The number of aromatic nitrogens is 6. The first-order chi connectivity index (χ1) is 15.3. The molecule has 1 aromatic carbocycles. The molecule has 8 nitrogen and oxygen atoms in total. The summed E-state index contributed by atoms with van der Waals surface area (Å²) in [5, 5.41) is 28.4. The van der Waals surface area contributed by atoms with Crippen molar-refractivity contribution in [2.24, 2.45) is 0 Å². The maximum Gasteiger partial charge on any atom is 0.151 e. The first-order valence-electron chi connectivity index (χ1n) is 11.1. The summed E-state index contributed by atoms with van der Waals surface area (Å²) in [5.41, 5.74) is 4.93. The Morgan fingerprint density at radius 2 is 1.81 bits per heavy atom. The Hall–Kier alpha value is -3.26. The quantitative estimate of drug-likeness (QED) is 0.462. The van der Waals surface area contributed by atoms with E-state index < -0.39 is 0 Å². The summed E-state index contributed by atoms with van der Waals surface area (Å²) in [6, 6.07) is 10.2.